The topological polar surface area (TPSA) is 12.0 Å². The summed E-state index contributed by atoms with van der Waals surface area (Å²) in [7, 11) is 0. The summed E-state index contributed by atoms with van der Waals surface area (Å²) in [6.45, 7) is 7.27. The van der Waals surface area contributed by atoms with Crippen molar-refractivity contribution < 1.29 is 0 Å². The van der Waals surface area contributed by atoms with Crippen LogP contribution >= 0.6 is 0 Å². The van der Waals surface area contributed by atoms with E-state index in [2.05, 4.69) is 80.7 Å². The van der Waals surface area contributed by atoms with Crippen molar-refractivity contribution in [3.63, 3.8) is 0 Å². The van der Waals surface area contributed by atoms with Gasteiger partial charge in [-0.1, -0.05) is 69.3 Å². The molecule has 0 amide bonds. The van der Waals surface area contributed by atoms with Gasteiger partial charge in [0.25, 0.3) is 0 Å². The van der Waals surface area contributed by atoms with Gasteiger partial charge in [-0.25, -0.2) is 0 Å². The number of hydrogen-bond donors (Lipinski definition) is 1. The number of benzene rings is 2. The molecule has 2 aromatic carbocycles. The monoisotopic (exact) mass is 333 g/mol. The zero-order valence-electron chi connectivity index (χ0n) is 15.8. The number of anilines is 1. The van der Waals surface area contributed by atoms with Gasteiger partial charge in [-0.2, -0.15) is 0 Å². The van der Waals surface area contributed by atoms with Crippen molar-refractivity contribution in [2.24, 2.45) is 17.3 Å². The first-order valence-corrected chi connectivity index (χ1v) is 10.0. The van der Waals surface area contributed by atoms with Crippen LogP contribution in [0.4, 0.5) is 5.69 Å². The molecule has 25 heavy (non-hydrogen) atoms. The second-order valence-corrected chi connectivity index (χ2v) is 8.46. The van der Waals surface area contributed by atoms with Crippen LogP contribution in [-0.2, 0) is 6.42 Å². The van der Waals surface area contributed by atoms with Gasteiger partial charge in [0.2, 0.25) is 0 Å². The predicted molar refractivity (Wildman–Crippen MR) is 107 cm³/mol. The minimum Gasteiger partial charge on any atom is -0.381 e. The Balaban J connectivity index is 1.72. The van der Waals surface area contributed by atoms with E-state index in [4.69, 9.17) is 0 Å². The van der Waals surface area contributed by atoms with Crippen LogP contribution in [0.25, 0.3) is 0 Å². The molecule has 2 aliphatic rings. The van der Waals surface area contributed by atoms with Gasteiger partial charge in [-0.15, -0.1) is 0 Å². The lowest BCUT2D eigenvalue weighted by molar-refractivity contribution is 0.0558. The summed E-state index contributed by atoms with van der Waals surface area (Å²) in [6, 6.07) is 20.7. The molecule has 1 heterocycles. The molecule has 1 N–H and O–H groups in total. The highest BCUT2D eigenvalue weighted by Gasteiger charge is 2.53. The Morgan fingerprint density at radius 1 is 1.04 bits per heavy atom. The SMILES string of the molecule is CCC1(C(C)C)CCC(Cc2ccccc2)C2c3ccccc3NC21. The molecule has 0 aromatic heterocycles. The molecule has 132 valence electrons. The number of nitrogens with one attached hydrogen (secondary N) is 1. The Morgan fingerprint density at radius 2 is 1.76 bits per heavy atom. The van der Waals surface area contributed by atoms with Gasteiger partial charge in [0, 0.05) is 17.6 Å². The summed E-state index contributed by atoms with van der Waals surface area (Å²) in [5.41, 5.74) is 4.85. The van der Waals surface area contributed by atoms with Gasteiger partial charge < -0.3 is 5.32 Å². The van der Waals surface area contributed by atoms with Crippen LogP contribution in [0.1, 0.15) is 57.1 Å². The molecule has 1 nitrogen and oxygen atoms in total. The molecule has 1 aliphatic carbocycles. The average Bonchev–Trinajstić information content (AvgIpc) is 3.03. The summed E-state index contributed by atoms with van der Waals surface area (Å²) in [4.78, 5) is 0. The zero-order valence-corrected chi connectivity index (χ0v) is 15.8. The van der Waals surface area contributed by atoms with Crippen molar-refractivity contribution in [3.8, 4) is 0 Å². The Hall–Kier alpha value is -1.76. The van der Waals surface area contributed by atoms with Gasteiger partial charge in [-0.3, -0.25) is 0 Å². The second-order valence-electron chi connectivity index (χ2n) is 8.46. The standard InChI is InChI=1S/C24H31N/c1-4-24(17(2)3)15-14-19(16-18-10-6-5-7-11-18)22-20-12-8-9-13-21(20)25-23(22)24/h5-13,17,19,22-23,25H,4,14-16H2,1-3H3. The quantitative estimate of drug-likeness (QED) is 0.695. The van der Waals surface area contributed by atoms with Gasteiger partial charge in [-0.05, 0) is 60.1 Å². The molecule has 4 atom stereocenters. The molecular formula is C24H31N. The van der Waals surface area contributed by atoms with Gasteiger partial charge in [0.15, 0.2) is 0 Å². The number of hydrogen-bond acceptors (Lipinski definition) is 1. The fourth-order valence-corrected chi connectivity index (χ4v) is 5.77. The molecule has 1 saturated carbocycles. The molecule has 2 aromatic rings. The van der Waals surface area contributed by atoms with E-state index in [-0.39, 0.29) is 0 Å². The number of fused-ring (bicyclic) bond motifs is 3. The number of para-hydroxylation sites is 1. The van der Waals surface area contributed by atoms with E-state index in [0.29, 0.717) is 23.3 Å². The van der Waals surface area contributed by atoms with E-state index in [1.54, 1.807) is 5.56 Å². The molecule has 1 aliphatic heterocycles. The van der Waals surface area contributed by atoms with Crippen molar-refractivity contribution in [1.82, 2.24) is 0 Å². The second kappa shape index (κ2) is 6.52. The fraction of sp³-hybridized carbons (Fsp3) is 0.500. The Kier molecular flexibility index (Phi) is 4.35. The van der Waals surface area contributed by atoms with Crippen LogP contribution in [0.15, 0.2) is 54.6 Å². The van der Waals surface area contributed by atoms with E-state index in [0.717, 1.165) is 5.92 Å². The fourth-order valence-electron chi connectivity index (χ4n) is 5.77. The Morgan fingerprint density at radius 3 is 2.48 bits per heavy atom. The molecule has 0 bridgehead atoms. The first-order chi connectivity index (χ1) is 12.2. The molecule has 0 spiro atoms. The molecule has 1 heteroatoms. The first-order valence-electron chi connectivity index (χ1n) is 10.0. The van der Waals surface area contributed by atoms with Crippen LogP contribution in [-0.4, -0.2) is 6.04 Å². The van der Waals surface area contributed by atoms with Gasteiger partial charge in [0.05, 0.1) is 0 Å². The molecule has 0 radical (unpaired) electrons. The molecular weight excluding hydrogens is 302 g/mol. The average molecular weight is 334 g/mol. The van der Waals surface area contributed by atoms with Crippen LogP contribution in [0.5, 0.6) is 0 Å². The summed E-state index contributed by atoms with van der Waals surface area (Å²) in [5.74, 6) is 2.10. The maximum Gasteiger partial charge on any atom is 0.0392 e. The first kappa shape index (κ1) is 16.7. The number of rotatable bonds is 4. The summed E-state index contributed by atoms with van der Waals surface area (Å²) in [5, 5.41) is 3.98. The largest absolute Gasteiger partial charge is 0.381 e. The van der Waals surface area contributed by atoms with Crippen molar-refractivity contribution in [2.75, 3.05) is 5.32 Å². The molecule has 4 rings (SSSR count). The van der Waals surface area contributed by atoms with E-state index in [1.165, 1.54) is 36.9 Å². The Labute approximate surface area is 152 Å². The van der Waals surface area contributed by atoms with Gasteiger partial charge >= 0.3 is 0 Å². The minimum absolute atomic E-state index is 0.414. The predicted octanol–water partition coefficient (Wildman–Crippen LogP) is 6.27. The smallest absolute Gasteiger partial charge is 0.0392 e. The maximum atomic E-state index is 3.98. The van der Waals surface area contributed by atoms with Crippen molar-refractivity contribution in [2.45, 2.75) is 58.4 Å². The van der Waals surface area contributed by atoms with Crippen molar-refractivity contribution >= 4 is 5.69 Å². The highest BCUT2D eigenvalue weighted by atomic mass is 15.0. The molecule has 0 saturated heterocycles. The van der Waals surface area contributed by atoms with Crippen LogP contribution in [0, 0.1) is 17.3 Å². The lowest BCUT2D eigenvalue weighted by Gasteiger charge is -2.51. The van der Waals surface area contributed by atoms with Crippen molar-refractivity contribution in [3.05, 3.63) is 65.7 Å². The van der Waals surface area contributed by atoms with E-state index in [1.807, 2.05) is 0 Å². The summed E-state index contributed by atoms with van der Waals surface area (Å²) in [6.07, 6.45) is 5.17. The Bertz CT molecular complexity index is 720. The van der Waals surface area contributed by atoms with E-state index < -0.39 is 0 Å². The maximum absolute atomic E-state index is 3.98. The highest BCUT2D eigenvalue weighted by molar-refractivity contribution is 5.60. The summed E-state index contributed by atoms with van der Waals surface area (Å²) >= 11 is 0. The molecule has 1 fully saturated rings. The van der Waals surface area contributed by atoms with Crippen LogP contribution in [0.2, 0.25) is 0 Å². The zero-order chi connectivity index (χ0) is 17.4. The van der Waals surface area contributed by atoms with Crippen LogP contribution < -0.4 is 5.32 Å². The third kappa shape index (κ3) is 2.69. The van der Waals surface area contributed by atoms with Gasteiger partial charge in [0.1, 0.15) is 0 Å². The molecule has 4 unspecified atom stereocenters. The lowest BCUT2D eigenvalue weighted by Crippen LogP contribution is -2.50. The lowest BCUT2D eigenvalue weighted by atomic mass is 9.55. The van der Waals surface area contributed by atoms with E-state index in [9.17, 15) is 0 Å². The van der Waals surface area contributed by atoms with E-state index >= 15 is 0 Å². The third-order valence-corrected chi connectivity index (χ3v) is 7.25. The van der Waals surface area contributed by atoms with Crippen molar-refractivity contribution in [1.29, 1.82) is 0 Å². The highest BCUT2D eigenvalue weighted by Crippen LogP contribution is 2.58. The minimum atomic E-state index is 0.414. The third-order valence-electron chi connectivity index (χ3n) is 7.25. The van der Waals surface area contributed by atoms with Crippen LogP contribution in [0.3, 0.4) is 0 Å². The summed E-state index contributed by atoms with van der Waals surface area (Å²) < 4.78 is 0. The normalized spacial score (nSPS) is 30.6.